The Morgan fingerprint density at radius 2 is 1.35 bits per heavy atom. The average Bonchev–Trinajstić information content (AvgIpc) is 3.48. The SMILES string of the molecule is COc1cc(C(C)=O)ccc1OCCC[N+]1(CCCOc2ccc(C(C)=O)cc2OC)CCC(c2noc3cc(F)ccc23)CC1. The molecule has 0 bridgehead atoms. The number of likely N-dealkylation sites (tertiary alicyclic amines) is 1. The van der Waals surface area contributed by atoms with Crippen LogP contribution in [0.1, 0.15) is 71.9 Å². The third kappa shape index (κ3) is 7.67. The topological polar surface area (TPSA) is 97.1 Å². The van der Waals surface area contributed by atoms with Crippen molar-refractivity contribution in [2.24, 2.45) is 0 Å². The Balaban J connectivity index is 1.23. The summed E-state index contributed by atoms with van der Waals surface area (Å²) in [6, 6.07) is 15.1. The second-order valence-electron chi connectivity index (χ2n) is 12.0. The molecule has 0 unspecified atom stereocenters. The van der Waals surface area contributed by atoms with E-state index < -0.39 is 0 Å². The minimum absolute atomic E-state index is 0.0269. The summed E-state index contributed by atoms with van der Waals surface area (Å²) in [7, 11) is 3.14. The molecular formula is C36H42FN2O7+. The number of piperidine rings is 1. The number of hydrogen-bond acceptors (Lipinski definition) is 8. The van der Waals surface area contributed by atoms with Gasteiger partial charge in [-0.2, -0.15) is 0 Å². The van der Waals surface area contributed by atoms with Crippen LogP contribution in [0.2, 0.25) is 0 Å². The first kappa shape index (κ1) is 32.9. The van der Waals surface area contributed by atoms with Crippen LogP contribution < -0.4 is 18.9 Å². The van der Waals surface area contributed by atoms with Crippen LogP contribution in [0.5, 0.6) is 23.0 Å². The van der Waals surface area contributed by atoms with Gasteiger partial charge in [-0.3, -0.25) is 9.59 Å². The molecule has 0 spiro atoms. The molecule has 9 nitrogen and oxygen atoms in total. The molecule has 1 saturated heterocycles. The molecular weight excluding hydrogens is 591 g/mol. The van der Waals surface area contributed by atoms with E-state index in [0.29, 0.717) is 52.9 Å². The first-order valence-electron chi connectivity index (χ1n) is 15.8. The van der Waals surface area contributed by atoms with Crippen LogP contribution in [0.15, 0.2) is 59.1 Å². The Bertz CT molecular complexity index is 1600. The van der Waals surface area contributed by atoms with Crippen molar-refractivity contribution in [1.29, 1.82) is 0 Å². The van der Waals surface area contributed by atoms with Gasteiger partial charge in [0.25, 0.3) is 0 Å². The number of methoxy groups -OCH3 is 2. The summed E-state index contributed by atoms with van der Waals surface area (Å²) in [4.78, 5) is 23.6. The lowest BCUT2D eigenvalue weighted by Crippen LogP contribution is -2.54. The second-order valence-corrected chi connectivity index (χ2v) is 12.0. The Morgan fingerprint density at radius 1 is 0.804 bits per heavy atom. The molecule has 1 fully saturated rings. The van der Waals surface area contributed by atoms with Gasteiger partial charge in [-0.1, -0.05) is 5.16 Å². The highest BCUT2D eigenvalue weighted by Gasteiger charge is 2.35. The average molecular weight is 634 g/mol. The molecule has 0 atom stereocenters. The maximum absolute atomic E-state index is 13.7. The van der Waals surface area contributed by atoms with Crippen LogP contribution in [-0.2, 0) is 0 Å². The second kappa shape index (κ2) is 14.8. The molecule has 3 aromatic carbocycles. The normalized spacial score (nSPS) is 14.6. The van der Waals surface area contributed by atoms with E-state index in [4.69, 9.17) is 23.5 Å². The number of carbonyl (C=O) groups is 2. The van der Waals surface area contributed by atoms with E-state index in [1.165, 1.54) is 26.0 Å². The zero-order valence-electron chi connectivity index (χ0n) is 27.0. The summed E-state index contributed by atoms with van der Waals surface area (Å²) in [5.74, 6) is 2.16. The highest BCUT2D eigenvalue weighted by Crippen LogP contribution is 2.36. The molecule has 0 saturated carbocycles. The quantitative estimate of drug-likeness (QED) is 0.0783. The first-order chi connectivity index (χ1) is 22.2. The van der Waals surface area contributed by atoms with E-state index in [2.05, 4.69) is 5.16 Å². The molecule has 1 aliphatic heterocycles. The number of ether oxygens (including phenoxy) is 4. The molecule has 4 aromatic rings. The number of hydrogen-bond donors (Lipinski definition) is 0. The molecule has 10 heteroatoms. The van der Waals surface area contributed by atoms with Crippen LogP contribution in [0, 0.1) is 5.82 Å². The van der Waals surface area contributed by atoms with Gasteiger partial charge in [0.15, 0.2) is 40.1 Å². The minimum Gasteiger partial charge on any atom is -0.493 e. The smallest absolute Gasteiger partial charge is 0.170 e. The van der Waals surface area contributed by atoms with E-state index in [1.54, 1.807) is 56.7 Å². The van der Waals surface area contributed by atoms with Crippen molar-refractivity contribution < 1.29 is 41.9 Å². The van der Waals surface area contributed by atoms with Gasteiger partial charge in [-0.25, -0.2) is 4.39 Å². The zero-order chi connectivity index (χ0) is 32.7. The van der Waals surface area contributed by atoms with Crippen molar-refractivity contribution in [3.05, 3.63) is 77.2 Å². The van der Waals surface area contributed by atoms with E-state index >= 15 is 0 Å². The number of benzene rings is 3. The molecule has 2 heterocycles. The highest BCUT2D eigenvalue weighted by molar-refractivity contribution is 5.95. The van der Waals surface area contributed by atoms with Crippen molar-refractivity contribution in [2.45, 2.75) is 45.4 Å². The summed E-state index contributed by atoms with van der Waals surface area (Å²) in [6.45, 7) is 7.81. The van der Waals surface area contributed by atoms with Crippen molar-refractivity contribution in [1.82, 2.24) is 5.16 Å². The maximum Gasteiger partial charge on any atom is 0.170 e. The number of aromatic nitrogens is 1. The fourth-order valence-electron chi connectivity index (χ4n) is 6.35. The van der Waals surface area contributed by atoms with Crippen LogP contribution in [0.4, 0.5) is 4.39 Å². The van der Waals surface area contributed by atoms with Gasteiger partial charge >= 0.3 is 0 Å². The number of Topliss-reactive ketones (excluding diaryl/α,β-unsaturated/α-hetero) is 2. The monoisotopic (exact) mass is 633 g/mol. The number of fused-ring (bicyclic) bond motifs is 1. The van der Waals surface area contributed by atoms with Gasteiger partial charge in [0.1, 0.15) is 5.82 Å². The largest absolute Gasteiger partial charge is 0.493 e. The van der Waals surface area contributed by atoms with Crippen molar-refractivity contribution in [3.63, 3.8) is 0 Å². The fourth-order valence-corrected chi connectivity index (χ4v) is 6.35. The maximum atomic E-state index is 13.7. The Labute approximate surface area is 268 Å². The van der Waals surface area contributed by atoms with Gasteiger partial charge < -0.3 is 28.0 Å². The molecule has 5 rings (SSSR count). The molecule has 0 aliphatic carbocycles. The van der Waals surface area contributed by atoms with Crippen molar-refractivity contribution in [3.8, 4) is 23.0 Å². The molecule has 0 amide bonds. The Hall–Kier alpha value is -4.44. The third-order valence-electron chi connectivity index (χ3n) is 8.96. The van der Waals surface area contributed by atoms with Crippen LogP contribution in [0.3, 0.4) is 0 Å². The lowest BCUT2D eigenvalue weighted by atomic mass is 9.89. The van der Waals surface area contributed by atoms with E-state index in [-0.39, 0.29) is 23.3 Å². The summed E-state index contributed by atoms with van der Waals surface area (Å²) < 4.78 is 43.3. The van der Waals surface area contributed by atoms with Crippen LogP contribution in [-0.4, -0.2) is 74.8 Å². The molecule has 0 radical (unpaired) electrons. The van der Waals surface area contributed by atoms with E-state index in [0.717, 1.165) is 67.4 Å². The number of halogens is 1. The molecule has 244 valence electrons. The van der Waals surface area contributed by atoms with Crippen LogP contribution >= 0.6 is 0 Å². The number of rotatable bonds is 15. The molecule has 0 N–H and O–H groups in total. The number of ketones is 2. The lowest BCUT2D eigenvalue weighted by molar-refractivity contribution is -0.933. The summed E-state index contributed by atoms with van der Waals surface area (Å²) >= 11 is 0. The first-order valence-corrected chi connectivity index (χ1v) is 15.8. The lowest BCUT2D eigenvalue weighted by Gasteiger charge is -2.43. The Morgan fingerprint density at radius 3 is 1.85 bits per heavy atom. The highest BCUT2D eigenvalue weighted by atomic mass is 19.1. The van der Waals surface area contributed by atoms with E-state index in [1.807, 2.05) is 0 Å². The van der Waals surface area contributed by atoms with E-state index in [9.17, 15) is 14.0 Å². The number of nitrogens with zero attached hydrogens (tertiary/aromatic N) is 2. The molecule has 1 aliphatic rings. The number of carbonyl (C=O) groups excluding carboxylic acids is 2. The summed E-state index contributed by atoms with van der Waals surface area (Å²) in [5, 5.41) is 5.22. The molecule has 46 heavy (non-hydrogen) atoms. The predicted octanol–water partition coefficient (Wildman–Crippen LogP) is 7.02. The van der Waals surface area contributed by atoms with Crippen molar-refractivity contribution in [2.75, 3.05) is 53.6 Å². The number of quaternary nitrogens is 1. The standard InChI is InChI=1S/C36H42FN2O7/c1-24(40)27-7-11-31(34(21-27)42-3)44-19-5-15-39(16-6-20-45-32-12-8-28(25(2)41)22-35(32)43-4)17-13-26(14-18-39)36-30-10-9-29(37)23-33(30)46-38-36/h7-12,21-23,26H,5-6,13-20H2,1-4H3/q+1. The van der Waals surface area contributed by atoms with Gasteiger partial charge in [-0.15, -0.1) is 0 Å². The van der Waals surface area contributed by atoms with Gasteiger partial charge in [0.05, 0.1) is 59.3 Å². The zero-order valence-corrected chi connectivity index (χ0v) is 27.0. The Kier molecular flexibility index (Phi) is 10.6. The predicted molar refractivity (Wildman–Crippen MR) is 172 cm³/mol. The minimum atomic E-state index is -0.334. The van der Waals surface area contributed by atoms with Crippen molar-refractivity contribution >= 4 is 22.5 Å². The van der Waals surface area contributed by atoms with Gasteiger partial charge in [0.2, 0.25) is 0 Å². The summed E-state index contributed by atoms with van der Waals surface area (Å²) in [6.07, 6.45) is 3.52. The fraction of sp³-hybridized carbons (Fsp3) is 0.417. The van der Waals surface area contributed by atoms with Crippen LogP contribution in [0.25, 0.3) is 11.0 Å². The molecule has 1 aromatic heterocycles. The van der Waals surface area contributed by atoms with Gasteiger partial charge in [-0.05, 0) is 62.4 Å². The summed E-state index contributed by atoms with van der Waals surface area (Å²) in [5.41, 5.74) is 2.54. The third-order valence-corrected chi connectivity index (χ3v) is 8.96. The van der Waals surface area contributed by atoms with Gasteiger partial charge in [0, 0.05) is 54.2 Å².